The normalized spacial score (nSPS) is 17.5. The molecule has 0 aromatic carbocycles. The molecule has 2 N–H and O–H groups in total. The number of rotatable bonds is 3. The SMILES string of the molecule is Cc1cc(C(=O)O)cc(NC2CCCCCCC2)n1. The van der Waals surface area contributed by atoms with Gasteiger partial charge in [0.25, 0.3) is 0 Å². The molecule has 1 aromatic rings. The van der Waals surface area contributed by atoms with E-state index in [1.54, 1.807) is 12.1 Å². The Labute approximate surface area is 114 Å². The zero-order valence-corrected chi connectivity index (χ0v) is 11.5. The van der Waals surface area contributed by atoms with Gasteiger partial charge in [0.2, 0.25) is 0 Å². The van der Waals surface area contributed by atoms with Crippen LogP contribution in [-0.2, 0) is 0 Å². The van der Waals surface area contributed by atoms with E-state index in [2.05, 4.69) is 10.3 Å². The Kier molecular flexibility index (Phi) is 4.77. The van der Waals surface area contributed by atoms with Crippen molar-refractivity contribution in [3.05, 3.63) is 23.4 Å². The Morgan fingerprint density at radius 2 is 1.84 bits per heavy atom. The van der Waals surface area contributed by atoms with E-state index in [0.717, 1.165) is 18.5 Å². The molecule has 1 aliphatic rings. The predicted octanol–water partition coefficient (Wildman–Crippen LogP) is 3.61. The minimum absolute atomic E-state index is 0.306. The van der Waals surface area contributed by atoms with Crippen molar-refractivity contribution in [2.24, 2.45) is 0 Å². The summed E-state index contributed by atoms with van der Waals surface area (Å²) in [5.41, 5.74) is 1.05. The molecule has 0 radical (unpaired) electrons. The molecule has 19 heavy (non-hydrogen) atoms. The molecule has 4 heteroatoms. The number of nitrogens with zero attached hydrogens (tertiary/aromatic N) is 1. The predicted molar refractivity (Wildman–Crippen MR) is 75.7 cm³/mol. The highest BCUT2D eigenvalue weighted by atomic mass is 16.4. The zero-order valence-electron chi connectivity index (χ0n) is 11.5. The van der Waals surface area contributed by atoms with Gasteiger partial charge in [-0.2, -0.15) is 0 Å². The summed E-state index contributed by atoms with van der Waals surface area (Å²) in [6.45, 7) is 1.83. The Morgan fingerprint density at radius 3 is 2.47 bits per heavy atom. The quantitative estimate of drug-likeness (QED) is 0.873. The van der Waals surface area contributed by atoms with E-state index in [4.69, 9.17) is 5.11 Å². The highest BCUT2D eigenvalue weighted by Gasteiger charge is 2.13. The first-order valence-corrected chi connectivity index (χ1v) is 7.13. The third-order valence-corrected chi connectivity index (χ3v) is 3.66. The molecule has 0 amide bonds. The molecule has 1 fully saturated rings. The first-order chi connectivity index (χ1) is 9.15. The Morgan fingerprint density at radius 1 is 1.21 bits per heavy atom. The van der Waals surface area contributed by atoms with Gasteiger partial charge < -0.3 is 10.4 Å². The van der Waals surface area contributed by atoms with Crippen molar-refractivity contribution in [3.8, 4) is 0 Å². The smallest absolute Gasteiger partial charge is 0.335 e. The van der Waals surface area contributed by atoms with E-state index in [9.17, 15) is 4.79 Å². The van der Waals surface area contributed by atoms with Gasteiger partial charge in [0.05, 0.1) is 5.56 Å². The lowest BCUT2D eigenvalue weighted by Gasteiger charge is -2.21. The summed E-state index contributed by atoms with van der Waals surface area (Å²) in [6.07, 6.45) is 8.75. The second-order valence-corrected chi connectivity index (χ2v) is 5.37. The fraction of sp³-hybridized carbons (Fsp3) is 0.600. The van der Waals surface area contributed by atoms with Crippen molar-refractivity contribution in [1.82, 2.24) is 4.98 Å². The van der Waals surface area contributed by atoms with E-state index in [0.29, 0.717) is 17.4 Å². The summed E-state index contributed by atoms with van der Waals surface area (Å²) >= 11 is 0. The van der Waals surface area contributed by atoms with Gasteiger partial charge in [0, 0.05) is 11.7 Å². The molecule has 0 atom stereocenters. The highest BCUT2D eigenvalue weighted by Crippen LogP contribution is 2.20. The molecular weight excluding hydrogens is 240 g/mol. The molecule has 0 aliphatic heterocycles. The number of carboxylic acid groups (broad SMARTS) is 1. The summed E-state index contributed by atoms with van der Waals surface area (Å²) in [5.74, 6) is -0.200. The van der Waals surface area contributed by atoms with Crippen LogP contribution >= 0.6 is 0 Å². The number of hydrogen-bond acceptors (Lipinski definition) is 3. The molecule has 1 saturated carbocycles. The van der Waals surface area contributed by atoms with Gasteiger partial charge >= 0.3 is 5.97 Å². The van der Waals surface area contributed by atoms with Crippen molar-refractivity contribution in [2.75, 3.05) is 5.32 Å². The molecule has 1 heterocycles. The van der Waals surface area contributed by atoms with Gasteiger partial charge in [-0.3, -0.25) is 0 Å². The molecule has 0 spiro atoms. The van der Waals surface area contributed by atoms with Crippen LogP contribution in [0.1, 0.15) is 61.0 Å². The first-order valence-electron chi connectivity index (χ1n) is 7.13. The van der Waals surface area contributed by atoms with Crippen LogP contribution in [-0.4, -0.2) is 22.1 Å². The van der Waals surface area contributed by atoms with Crippen molar-refractivity contribution in [2.45, 2.75) is 57.9 Å². The van der Waals surface area contributed by atoms with Crippen LogP contribution in [0.5, 0.6) is 0 Å². The van der Waals surface area contributed by atoms with Crippen LogP contribution in [0.4, 0.5) is 5.82 Å². The highest BCUT2D eigenvalue weighted by molar-refractivity contribution is 5.88. The molecule has 4 nitrogen and oxygen atoms in total. The molecule has 0 bridgehead atoms. The summed E-state index contributed by atoms with van der Waals surface area (Å²) in [5, 5.41) is 12.5. The Balaban J connectivity index is 2.06. The molecule has 0 saturated heterocycles. The van der Waals surface area contributed by atoms with Crippen molar-refractivity contribution in [3.63, 3.8) is 0 Å². The summed E-state index contributed by atoms with van der Waals surface area (Å²) in [7, 11) is 0. The fourth-order valence-corrected chi connectivity index (χ4v) is 2.68. The maximum absolute atomic E-state index is 11.0. The van der Waals surface area contributed by atoms with Gasteiger partial charge in [-0.25, -0.2) is 9.78 Å². The van der Waals surface area contributed by atoms with Crippen molar-refractivity contribution >= 4 is 11.8 Å². The summed E-state index contributed by atoms with van der Waals surface area (Å²) in [4.78, 5) is 15.4. The van der Waals surface area contributed by atoms with Gasteiger partial charge in [0.15, 0.2) is 0 Å². The third-order valence-electron chi connectivity index (χ3n) is 3.66. The topological polar surface area (TPSA) is 62.2 Å². The summed E-state index contributed by atoms with van der Waals surface area (Å²) in [6, 6.07) is 3.66. The second-order valence-electron chi connectivity index (χ2n) is 5.37. The lowest BCUT2D eigenvalue weighted by Crippen LogP contribution is -2.21. The summed E-state index contributed by atoms with van der Waals surface area (Å²) < 4.78 is 0. The van der Waals surface area contributed by atoms with Crippen LogP contribution in [0.15, 0.2) is 12.1 Å². The molecule has 0 unspecified atom stereocenters. The fourth-order valence-electron chi connectivity index (χ4n) is 2.68. The van der Waals surface area contributed by atoms with Gasteiger partial charge in [0.1, 0.15) is 5.82 Å². The maximum atomic E-state index is 11.0. The monoisotopic (exact) mass is 262 g/mol. The molecule has 1 aliphatic carbocycles. The maximum Gasteiger partial charge on any atom is 0.335 e. The van der Waals surface area contributed by atoms with Gasteiger partial charge in [-0.15, -0.1) is 0 Å². The lowest BCUT2D eigenvalue weighted by molar-refractivity contribution is 0.0696. The van der Waals surface area contributed by atoms with Crippen LogP contribution in [0, 0.1) is 6.92 Å². The number of aryl methyl sites for hydroxylation is 1. The number of aromatic nitrogens is 1. The van der Waals surface area contributed by atoms with E-state index >= 15 is 0 Å². The number of aromatic carboxylic acids is 1. The number of nitrogens with one attached hydrogen (secondary N) is 1. The Bertz CT molecular complexity index is 438. The average molecular weight is 262 g/mol. The van der Waals surface area contributed by atoms with Crippen LogP contribution in [0.25, 0.3) is 0 Å². The minimum atomic E-state index is -0.897. The number of anilines is 1. The number of pyridine rings is 1. The van der Waals surface area contributed by atoms with Gasteiger partial charge in [-0.05, 0) is 31.9 Å². The van der Waals surface area contributed by atoms with E-state index < -0.39 is 5.97 Å². The lowest BCUT2D eigenvalue weighted by atomic mass is 9.97. The van der Waals surface area contributed by atoms with E-state index in [1.165, 1.54) is 32.1 Å². The third kappa shape index (κ3) is 4.23. The molecular formula is C15H22N2O2. The van der Waals surface area contributed by atoms with Gasteiger partial charge in [-0.1, -0.05) is 32.1 Å². The minimum Gasteiger partial charge on any atom is -0.478 e. The van der Waals surface area contributed by atoms with Crippen molar-refractivity contribution < 1.29 is 9.90 Å². The Hall–Kier alpha value is -1.58. The standard InChI is InChI=1S/C15H22N2O2/c1-11-9-12(15(18)19)10-14(16-11)17-13-7-5-3-2-4-6-8-13/h9-10,13H,2-8H2,1H3,(H,16,17)(H,18,19). The average Bonchev–Trinajstić information content (AvgIpc) is 2.31. The zero-order chi connectivity index (χ0) is 13.7. The van der Waals surface area contributed by atoms with E-state index in [-0.39, 0.29) is 0 Å². The molecule has 104 valence electrons. The van der Waals surface area contributed by atoms with Crippen LogP contribution in [0.2, 0.25) is 0 Å². The second kappa shape index (κ2) is 6.55. The molecule has 2 rings (SSSR count). The number of carboxylic acids is 1. The molecule has 1 aromatic heterocycles. The number of hydrogen-bond donors (Lipinski definition) is 2. The van der Waals surface area contributed by atoms with Crippen LogP contribution in [0.3, 0.4) is 0 Å². The van der Waals surface area contributed by atoms with Crippen LogP contribution < -0.4 is 5.32 Å². The first kappa shape index (κ1) is 13.8. The largest absolute Gasteiger partial charge is 0.478 e. The van der Waals surface area contributed by atoms with Crippen molar-refractivity contribution in [1.29, 1.82) is 0 Å². The van der Waals surface area contributed by atoms with E-state index in [1.807, 2.05) is 6.92 Å². The number of carbonyl (C=O) groups is 1.